The summed E-state index contributed by atoms with van der Waals surface area (Å²) in [6.07, 6.45) is 0.990. The summed E-state index contributed by atoms with van der Waals surface area (Å²) in [5.41, 5.74) is 8.21. The number of nitrogens with one attached hydrogen (secondary N) is 1. The summed E-state index contributed by atoms with van der Waals surface area (Å²) in [6, 6.07) is 7.75. The van der Waals surface area contributed by atoms with Crippen molar-refractivity contribution >= 4 is 5.91 Å². The number of nitrogens with two attached hydrogens (primary N) is 1. The van der Waals surface area contributed by atoms with Gasteiger partial charge < -0.3 is 16.2 Å². The normalized spacial score (nSPS) is 18.2. The highest BCUT2D eigenvalue weighted by Crippen LogP contribution is 2.26. The van der Waals surface area contributed by atoms with E-state index in [9.17, 15) is 9.90 Å². The summed E-state index contributed by atoms with van der Waals surface area (Å²) >= 11 is 0. The average molecular weight is 248 g/mol. The van der Waals surface area contributed by atoms with Crippen molar-refractivity contribution in [3.05, 3.63) is 35.4 Å². The van der Waals surface area contributed by atoms with E-state index in [1.807, 2.05) is 12.1 Å². The molecule has 0 radical (unpaired) electrons. The number of carbonyl (C=O) groups is 1. The van der Waals surface area contributed by atoms with E-state index in [1.54, 1.807) is 6.92 Å². The molecule has 1 aliphatic carbocycles. The van der Waals surface area contributed by atoms with Crippen molar-refractivity contribution in [3.63, 3.8) is 0 Å². The van der Waals surface area contributed by atoms with E-state index in [-0.39, 0.29) is 11.8 Å². The van der Waals surface area contributed by atoms with Crippen LogP contribution in [-0.2, 0) is 17.6 Å². The molecule has 0 spiro atoms. The Labute approximate surface area is 107 Å². The van der Waals surface area contributed by atoms with Gasteiger partial charge in [0.25, 0.3) is 0 Å². The highest BCUT2D eigenvalue weighted by Gasteiger charge is 2.27. The smallest absolute Gasteiger partial charge is 0.223 e. The van der Waals surface area contributed by atoms with Crippen LogP contribution in [0.15, 0.2) is 24.3 Å². The Morgan fingerprint density at radius 1 is 1.44 bits per heavy atom. The van der Waals surface area contributed by atoms with E-state index < -0.39 is 12.1 Å². The number of aliphatic hydroxyl groups excluding tert-OH is 1. The van der Waals surface area contributed by atoms with Crippen LogP contribution in [0, 0.1) is 5.92 Å². The molecule has 2 atom stereocenters. The van der Waals surface area contributed by atoms with Gasteiger partial charge in [-0.05, 0) is 30.9 Å². The third-order valence-corrected chi connectivity index (χ3v) is 3.55. The number of amides is 1. The summed E-state index contributed by atoms with van der Waals surface area (Å²) in [7, 11) is 0. The minimum absolute atomic E-state index is 0.00333. The van der Waals surface area contributed by atoms with Gasteiger partial charge in [-0.25, -0.2) is 0 Å². The molecular weight excluding hydrogens is 228 g/mol. The molecule has 0 saturated carbocycles. The zero-order chi connectivity index (χ0) is 13.1. The third-order valence-electron chi connectivity index (χ3n) is 3.55. The van der Waals surface area contributed by atoms with E-state index in [1.165, 1.54) is 11.1 Å². The van der Waals surface area contributed by atoms with Gasteiger partial charge in [-0.15, -0.1) is 0 Å². The fraction of sp³-hybridized carbons (Fsp3) is 0.500. The Balaban J connectivity index is 1.86. The predicted octanol–water partition coefficient (Wildman–Crippen LogP) is 0.226. The lowest BCUT2D eigenvalue weighted by Gasteiger charge is -2.17. The minimum Gasteiger partial charge on any atom is -0.392 e. The van der Waals surface area contributed by atoms with Gasteiger partial charge in [0.1, 0.15) is 0 Å². The molecule has 1 aromatic rings. The molecule has 0 heterocycles. The van der Waals surface area contributed by atoms with Crippen LogP contribution in [0.2, 0.25) is 0 Å². The molecule has 0 aliphatic heterocycles. The van der Waals surface area contributed by atoms with Crippen LogP contribution < -0.4 is 11.1 Å². The van der Waals surface area contributed by atoms with Gasteiger partial charge in [-0.1, -0.05) is 24.3 Å². The lowest BCUT2D eigenvalue weighted by molar-refractivity contribution is -0.124. The predicted molar refractivity (Wildman–Crippen MR) is 70.0 cm³/mol. The second kappa shape index (κ2) is 5.50. The summed E-state index contributed by atoms with van der Waals surface area (Å²) in [4.78, 5) is 12.0. The van der Waals surface area contributed by atoms with Gasteiger partial charge in [0.2, 0.25) is 5.91 Å². The molecule has 18 heavy (non-hydrogen) atoms. The van der Waals surface area contributed by atoms with E-state index in [4.69, 9.17) is 5.73 Å². The SMILES string of the molecule is CC(O)C(N)CNC(=O)C1Cc2ccccc2C1. The fourth-order valence-electron chi connectivity index (χ4n) is 2.28. The third kappa shape index (κ3) is 2.89. The molecular formula is C14H20N2O2. The number of hydrogen-bond acceptors (Lipinski definition) is 3. The number of fused-ring (bicyclic) bond motifs is 1. The van der Waals surface area contributed by atoms with Crippen molar-refractivity contribution < 1.29 is 9.90 Å². The Morgan fingerprint density at radius 2 is 2.00 bits per heavy atom. The Kier molecular flexibility index (Phi) is 3.99. The van der Waals surface area contributed by atoms with Crippen LogP contribution >= 0.6 is 0 Å². The first-order valence-corrected chi connectivity index (χ1v) is 6.36. The van der Waals surface area contributed by atoms with E-state index in [2.05, 4.69) is 17.4 Å². The maximum absolute atomic E-state index is 12.0. The van der Waals surface area contributed by atoms with Crippen LogP contribution in [0.25, 0.3) is 0 Å². The molecule has 2 unspecified atom stereocenters. The Hall–Kier alpha value is -1.39. The van der Waals surface area contributed by atoms with Crippen LogP contribution in [0.5, 0.6) is 0 Å². The van der Waals surface area contributed by atoms with Crippen molar-refractivity contribution in [3.8, 4) is 0 Å². The van der Waals surface area contributed by atoms with E-state index in [0.717, 1.165) is 12.8 Å². The van der Waals surface area contributed by atoms with Crippen molar-refractivity contribution in [2.75, 3.05) is 6.54 Å². The van der Waals surface area contributed by atoms with E-state index in [0.29, 0.717) is 6.54 Å². The highest BCUT2D eigenvalue weighted by molar-refractivity contribution is 5.80. The van der Waals surface area contributed by atoms with Gasteiger partial charge in [0, 0.05) is 18.5 Å². The molecule has 2 rings (SSSR count). The number of carbonyl (C=O) groups excluding carboxylic acids is 1. The highest BCUT2D eigenvalue weighted by atomic mass is 16.3. The maximum atomic E-state index is 12.0. The van der Waals surface area contributed by atoms with Crippen LogP contribution in [-0.4, -0.2) is 29.7 Å². The quantitative estimate of drug-likeness (QED) is 0.714. The molecule has 0 saturated heterocycles. The average Bonchev–Trinajstić information content (AvgIpc) is 2.79. The second-order valence-corrected chi connectivity index (χ2v) is 5.02. The standard InChI is InChI=1S/C14H20N2O2/c1-9(17)13(15)8-16-14(18)12-6-10-4-2-3-5-11(10)7-12/h2-5,9,12-13,17H,6-8,15H2,1H3,(H,16,18). The zero-order valence-corrected chi connectivity index (χ0v) is 10.6. The van der Waals surface area contributed by atoms with Crippen LogP contribution in [0.1, 0.15) is 18.1 Å². The van der Waals surface area contributed by atoms with Crippen LogP contribution in [0.4, 0.5) is 0 Å². The molecule has 98 valence electrons. The number of benzene rings is 1. The van der Waals surface area contributed by atoms with Crippen LogP contribution in [0.3, 0.4) is 0 Å². The van der Waals surface area contributed by atoms with Gasteiger partial charge in [0.05, 0.1) is 6.10 Å². The lowest BCUT2D eigenvalue weighted by atomic mass is 10.1. The monoisotopic (exact) mass is 248 g/mol. The number of hydrogen-bond donors (Lipinski definition) is 3. The number of rotatable bonds is 4. The Morgan fingerprint density at radius 3 is 2.50 bits per heavy atom. The first-order valence-electron chi connectivity index (χ1n) is 6.36. The van der Waals surface area contributed by atoms with Crippen molar-refractivity contribution in [2.45, 2.75) is 31.9 Å². The molecule has 4 nitrogen and oxygen atoms in total. The number of aliphatic hydroxyl groups is 1. The molecule has 1 aliphatic rings. The lowest BCUT2D eigenvalue weighted by Crippen LogP contribution is -2.45. The summed E-state index contributed by atoms with van der Waals surface area (Å²) < 4.78 is 0. The summed E-state index contributed by atoms with van der Waals surface area (Å²) in [5, 5.41) is 12.1. The summed E-state index contributed by atoms with van der Waals surface area (Å²) in [6.45, 7) is 1.95. The Bertz CT molecular complexity index is 407. The zero-order valence-electron chi connectivity index (χ0n) is 10.6. The molecule has 0 fully saturated rings. The van der Waals surface area contributed by atoms with Crippen molar-refractivity contribution in [1.29, 1.82) is 0 Å². The van der Waals surface area contributed by atoms with Gasteiger partial charge in [-0.2, -0.15) is 0 Å². The van der Waals surface area contributed by atoms with E-state index >= 15 is 0 Å². The van der Waals surface area contributed by atoms with Gasteiger partial charge >= 0.3 is 0 Å². The summed E-state index contributed by atoms with van der Waals surface area (Å²) in [5.74, 6) is 0.0332. The molecule has 0 aromatic heterocycles. The molecule has 0 bridgehead atoms. The minimum atomic E-state index is -0.605. The topological polar surface area (TPSA) is 75.3 Å². The molecule has 4 heteroatoms. The van der Waals surface area contributed by atoms with Gasteiger partial charge in [-0.3, -0.25) is 4.79 Å². The first-order chi connectivity index (χ1) is 8.58. The van der Waals surface area contributed by atoms with Crippen molar-refractivity contribution in [1.82, 2.24) is 5.32 Å². The largest absolute Gasteiger partial charge is 0.392 e. The first kappa shape index (κ1) is 13.1. The molecule has 4 N–H and O–H groups in total. The van der Waals surface area contributed by atoms with Gasteiger partial charge in [0.15, 0.2) is 0 Å². The second-order valence-electron chi connectivity index (χ2n) is 5.02. The molecule has 1 aromatic carbocycles. The van der Waals surface area contributed by atoms with Crippen molar-refractivity contribution in [2.24, 2.45) is 11.7 Å². The maximum Gasteiger partial charge on any atom is 0.223 e. The fourth-order valence-corrected chi connectivity index (χ4v) is 2.28. The molecule has 1 amide bonds.